The molecule has 7 heteroatoms. The third-order valence-electron chi connectivity index (χ3n) is 3.74. The van der Waals surface area contributed by atoms with Gasteiger partial charge in [0.05, 0.1) is 6.42 Å². The van der Waals surface area contributed by atoms with E-state index in [1.165, 1.54) is 0 Å². The van der Waals surface area contributed by atoms with Crippen molar-refractivity contribution < 1.29 is 18.3 Å². The van der Waals surface area contributed by atoms with E-state index in [9.17, 15) is 13.5 Å². The highest BCUT2D eigenvalue weighted by atomic mass is 35.7. The summed E-state index contributed by atoms with van der Waals surface area (Å²) in [6.07, 6.45) is 3.18. The van der Waals surface area contributed by atoms with Crippen LogP contribution in [0, 0.1) is 30.4 Å². The molecule has 2 unspecified atom stereocenters. The molecule has 5 nitrogen and oxygen atoms in total. The van der Waals surface area contributed by atoms with Crippen LogP contribution in [0.15, 0.2) is 0 Å². The average molecular weight is 296 g/mol. The zero-order valence-corrected chi connectivity index (χ0v) is 11.9. The van der Waals surface area contributed by atoms with Gasteiger partial charge in [-0.05, 0) is 12.3 Å². The number of nitrogens with one attached hydrogen (secondary N) is 1. The molecule has 2 heterocycles. The van der Waals surface area contributed by atoms with E-state index in [1.807, 2.05) is 4.72 Å². The Hall–Kier alpha value is -0.0100. The summed E-state index contributed by atoms with van der Waals surface area (Å²) in [6.45, 7) is 4.20. The summed E-state index contributed by atoms with van der Waals surface area (Å²) >= 11 is 0. The van der Waals surface area contributed by atoms with Crippen molar-refractivity contribution in [1.29, 1.82) is 0 Å². The zero-order valence-electron chi connectivity index (χ0n) is 10.3. The maximum absolute atomic E-state index is 10.9. The molecule has 2 aliphatic rings. The number of aliphatic hydroxyl groups excluding tert-OH is 1. The van der Waals surface area contributed by atoms with Crippen LogP contribution in [0.2, 0.25) is 0 Å². The van der Waals surface area contributed by atoms with Crippen LogP contribution in [0.25, 0.3) is 0 Å². The maximum atomic E-state index is 10.9. The summed E-state index contributed by atoms with van der Waals surface area (Å²) in [5, 5.41) is 9.88. The van der Waals surface area contributed by atoms with E-state index >= 15 is 0 Å². The molecule has 2 saturated heterocycles. The second kappa shape index (κ2) is 5.17. The predicted molar refractivity (Wildman–Crippen MR) is 67.1 cm³/mol. The Bertz CT molecular complexity index is 400. The maximum Gasteiger partial charge on any atom is 0.272 e. The molecule has 0 saturated carbocycles. The van der Waals surface area contributed by atoms with Gasteiger partial charge < -0.3 is 14.6 Å². The third-order valence-corrected chi connectivity index (χ3v) is 4.43. The van der Waals surface area contributed by atoms with Crippen LogP contribution >= 0.6 is 10.7 Å². The van der Waals surface area contributed by atoms with Crippen molar-refractivity contribution in [3.63, 3.8) is 0 Å². The van der Waals surface area contributed by atoms with Crippen molar-refractivity contribution in [1.82, 2.24) is 4.72 Å². The topological polar surface area (TPSA) is 75.6 Å². The molecule has 2 fully saturated rings. The first-order valence-corrected chi connectivity index (χ1v) is 8.36. The number of rotatable bonds is 4. The van der Waals surface area contributed by atoms with Gasteiger partial charge in [0.15, 0.2) is 6.10 Å². The SMILES string of the molecule is CC(C)C1C[CH+][C@H]2CC([C-](O)NS(=O)(=O)Cl)[C@@H]1O2. The van der Waals surface area contributed by atoms with Gasteiger partial charge in [-0.1, -0.05) is 19.8 Å². The predicted octanol–water partition coefficient (Wildman–Crippen LogP) is 1.58. The van der Waals surface area contributed by atoms with Crippen LogP contribution in [0.3, 0.4) is 0 Å². The number of hydrogen-bond donors (Lipinski definition) is 2. The van der Waals surface area contributed by atoms with Crippen molar-refractivity contribution in [3.8, 4) is 0 Å². The molecule has 0 aromatic heterocycles. The third kappa shape index (κ3) is 3.11. The summed E-state index contributed by atoms with van der Waals surface area (Å²) in [6, 6.07) is 0. The Morgan fingerprint density at radius 1 is 1.56 bits per heavy atom. The van der Waals surface area contributed by atoms with Crippen LogP contribution in [0.5, 0.6) is 0 Å². The largest absolute Gasteiger partial charge is 0.547 e. The summed E-state index contributed by atoms with van der Waals surface area (Å²) in [4.78, 5) is 0. The molecule has 104 valence electrons. The number of hydrogen-bond acceptors (Lipinski definition) is 4. The zero-order chi connectivity index (χ0) is 13.5. The van der Waals surface area contributed by atoms with Crippen molar-refractivity contribution in [2.24, 2.45) is 17.8 Å². The lowest BCUT2D eigenvalue weighted by atomic mass is 9.81. The molecule has 0 spiro atoms. The Balaban J connectivity index is 2.09. The molecule has 0 amide bonds. The van der Waals surface area contributed by atoms with Gasteiger partial charge in [0, 0.05) is 22.7 Å². The fourth-order valence-electron chi connectivity index (χ4n) is 2.85. The summed E-state index contributed by atoms with van der Waals surface area (Å²) in [7, 11) is 1.12. The average Bonchev–Trinajstić information content (AvgIpc) is 2.53. The lowest BCUT2D eigenvalue weighted by molar-refractivity contribution is -0.0382. The first-order chi connectivity index (χ1) is 8.28. The van der Waals surface area contributed by atoms with Crippen LogP contribution in [-0.4, -0.2) is 25.7 Å². The second-order valence-electron chi connectivity index (χ2n) is 5.29. The molecule has 18 heavy (non-hydrogen) atoms. The lowest BCUT2D eigenvalue weighted by Gasteiger charge is -2.38. The highest BCUT2D eigenvalue weighted by Gasteiger charge is 2.48. The van der Waals surface area contributed by atoms with Crippen LogP contribution in [0.4, 0.5) is 0 Å². The van der Waals surface area contributed by atoms with E-state index in [2.05, 4.69) is 20.3 Å². The van der Waals surface area contributed by atoms with Crippen LogP contribution in [0.1, 0.15) is 26.7 Å². The Labute approximate surface area is 112 Å². The quantitative estimate of drug-likeness (QED) is 0.610. The highest BCUT2D eigenvalue weighted by Crippen LogP contribution is 2.45. The van der Waals surface area contributed by atoms with Gasteiger partial charge in [-0.2, -0.15) is 8.42 Å². The number of fused-ring (bicyclic) bond motifs is 2. The molecule has 2 aliphatic heterocycles. The minimum absolute atomic E-state index is 0.00280. The molecular weight excluding hydrogens is 278 g/mol. The highest BCUT2D eigenvalue weighted by molar-refractivity contribution is 8.12. The number of ether oxygens (including phenoxy) is 1. The Morgan fingerprint density at radius 3 is 2.78 bits per heavy atom. The second-order valence-corrected chi connectivity index (χ2v) is 7.58. The van der Waals surface area contributed by atoms with Crippen LogP contribution in [-0.2, 0) is 14.0 Å². The number of halogens is 1. The fourth-order valence-corrected chi connectivity index (χ4v) is 3.49. The molecule has 0 radical (unpaired) electrons. The molecule has 0 aromatic rings. The normalized spacial score (nSPS) is 36.1. The van der Waals surface area contributed by atoms with Gasteiger partial charge >= 0.3 is 0 Å². The van der Waals surface area contributed by atoms with E-state index in [1.54, 1.807) is 0 Å². The number of aliphatic hydroxyl groups is 1. The monoisotopic (exact) mass is 295 g/mol. The first-order valence-electron chi connectivity index (χ1n) is 6.05. The van der Waals surface area contributed by atoms with Crippen LogP contribution < -0.4 is 4.72 Å². The van der Waals surface area contributed by atoms with E-state index < -0.39 is 9.24 Å². The smallest absolute Gasteiger partial charge is 0.272 e. The van der Waals surface area contributed by atoms with Gasteiger partial charge in [-0.3, -0.25) is 0 Å². The first kappa shape index (κ1) is 14.4. The van der Waals surface area contributed by atoms with Gasteiger partial charge in [0.2, 0.25) is 0 Å². The minimum Gasteiger partial charge on any atom is -0.547 e. The molecule has 2 N–H and O–H groups in total. The Morgan fingerprint density at radius 2 is 2.22 bits per heavy atom. The minimum atomic E-state index is -3.96. The molecule has 0 aliphatic carbocycles. The summed E-state index contributed by atoms with van der Waals surface area (Å²) in [5.41, 5.74) is 0. The van der Waals surface area contributed by atoms with Gasteiger partial charge in [-0.15, -0.1) is 6.23 Å². The summed E-state index contributed by atoms with van der Waals surface area (Å²) in [5.74, 6) is 0.374. The van der Waals surface area contributed by atoms with Crippen molar-refractivity contribution >= 4 is 19.9 Å². The van der Waals surface area contributed by atoms with Crippen molar-refractivity contribution in [2.75, 3.05) is 0 Å². The molecule has 4 atom stereocenters. The fraction of sp³-hybridized carbons (Fsp3) is 0.818. The Kier molecular flexibility index (Phi) is 4.14. The molecular formula is C11H18ClNO4S. The summed E-state index contributed by atoms with van der Waals surface area (Å²) < 4.78 is 29.6. The van der Waals surface area contributed by atoms with Gasteiger partial charge in [0.1, 0.15) is 6.42 Å². The van der Waals surface area contributed by atoms with E-state index in [-0.39, 0.29) is 30.3 Å². The van der Waals surface area contributed by atoms with Gasteiger partial charge in [0.25, 0.3) is 9.24 Å². The van der Waals surface area contributed by atoms with Crippen molar-refractivity contribution in [3.05, 3.63) is 12.6 Å². The molecule has 0 aromatic carbocycles. The van der Waals surface area contributed by atoms with E-state index in [0.29, 0.717) is 12.3 Å². The standard InChI is InChI=1S/C11H18ClNO4S/c1-6(2)8-4-3-7-5-9(10(8)17-7)11(14)13-18(12,15)16/h3,6-10,13-14H,4-5H2,1-2H3/t7-,8?,9?,10+/m0/s1. The lowest BCUT2D eigenvalue weighted by Crippen LogP contribution is -2.40. The van der Waals surface area contributed by atoms with E-state index in [0.717, 1.165) is 6.42 Å². The molecule has 2 bridgehead atoms. The van der Waals surface area contributed by atoms with Crippen molar-refractivity contribution in [2.45, 2.75) is 38.9 Å². The molecule has 2 rings (SSSR count). The van der Waals surface area contributed by atoms with E-state index in [4.69, 9.17) is 15.4 Å². The van der Waals surface area contributed by atoms with Gasteiger partial charge in [-0.25, -0.2) is 0 Å².